The first-order valence-electron chi connectivity index (χ1n) is 8.30. The fourth-order valence-electron chi connectivity index (χ4n) is 2.89. The molecule has 0 saturated carbocycles. The van der Waals surface area contributed by atoms with E-state index in [0.29, 0.717) is 16.3 Å². The molecule has 0 radical (unpaired) electrons. The SMILES string of the molecule is COc1ccc([C@@]2(C)NC(=O)N(NC(=O)Cc3c(F)cccc3Cl)C2=O)cc1. The Labute approximate surface area is 165 Å². The fourth-order valence-corrected chi connectivity index (χ4v) is 3.12. The van der Waals surface area contributed by atoms with Gasteiger partial charge < -0.3 is 10.1 Å². The predicted molar refractivity (Wildman–Crippen MR) is 99.0 cm³/mol. The minimum atomic E-state index is -1.37. The van der Waals surface area contributed by atoms with E-state index in [9.17, 15) is 18.8 Å². The number of amides is 4. The smallest absolute Gasteiger partial charge is 0.344 e. The van der Waals surface area contributed by atoms with Crippen LogP contribution in [0, 0.1) is 5.82 Å². The standard InChI is InChI=1S/C19H17ClFN3O4/c1-19(11-6-8-12(28-2)9-7-11)17(26)24(18(27)22-19)23-16(25)10-13-14(20)4-3-5-15(13)21/h3-9H,10H2,1-2H3,(H,22,27)(H,23,25)/t19-/m1/s1. The third-order valence-electron chi connectivity index (χ3n) is 4.49. The van der Waals surface area contributed by atoms with Crippen LogP contribution < -0.4 is 15.5 Å². The topological polar surface area (TPSA) is 87.7 Å². The van der Waals surface area contributed by atoms with Gasteiger partial charge in [-0.05, 0) is 36.8 Å². The average molecular weight is 406 g/mol. The molecule has 2 N–H and O–H groups in total. The van der Waals surface area contributed by atoms with Crippen LogP contribution in [0.3, 0.4) is 0 Å². The molecule has 0 bridgehead atoms. The second-order valence-electron chi connectivity index (χ2n) is 6.34. The van der Waals surface area contributed by atoms with Crippen LogP contribution in [0.2, 0.25) is 5.02 Å². The summed E-state index contributed by atoms with van der Waals surface area (Å²) in [5.74, 6) is -1.48. The van der Waals surface area contributed by atoms with Gasteiger partial charge in [0.2, 0.25) is 5.91 Å². The van der Waals surface area contributed by atoms with E-state index in [-0.39, 0.29) is 10.6 Å². The van der Waals surface area contributed by atoms with Gasteiger partial charge in [-0.2, -0.15) is 5.01 Å². The number of hydrogen-bond donors (Lipinski definition) is 2. The lowest BCUT2D eigenvalue weighted by atomic mass is 9.92. The van der Waals surface area contributed by atoms with Gasteiger partial charge in [0, 0.05) is 10.6 Å². The highest BCUT2D eigenvalue weighted by Gasteiger charge is 2.50. The van der Waals surface area contributed by atoms with Crippen molar-refractivity contribution >= 4 is 29.4 Å². The molecule has 146 valence electrons. The number of hydrazine groups is 1. The van der Waals surface area contributed by atoms with Crippen molar-refractivity contribution in [1.29, 1.82) is 0 Å². The third-order valence-corrected chi connectivity index (χ3v) is 4.85. The molecule has 1 saturated heterocycles. The van der Waals surface area contributed by atoms with E-state index in [0.717, 1.165) is 0 Å². The van der Waals surface area contributed by atoms with Crippen molar-refractivity contribution in [2.24, 2.45) is 0 Å². The summed E-state index contributed by atoms with van der Waals surface area (Å²) in [5.41, 5.74) is 1.34. The molecule has 0 aromatic heterocycles. The Balaban J connectivity index is 1.77. The Bertz CT molecular complexity index is 930. The Kier molecular flexibility index (Phi) is 5.24. The average Bonchev–Trinajstić information content (AvgIpc) is 2.89. The molecule has 28 heavy (non-hydrogen) atoms. The molecular weight excluding hydrogens is 389 g/mol. The van der Waals surface area contributed by atoms with Gasteiger partial charge in [-0.15, -0.1) is 0 Å². The number of halogens is 2. The van der Waals surface area contributed by atoms with E-state index in [2.05, 4.69) is 10.7 Å². The summed E-state index contributed by atoms with van der Waals surface area (Å²) in [5, 5.41) is 3.22. The number of ether oxygens (including phenoxy) is 1. The number of nitrogens with zero attached hydrogens (tertiary/aromatic N) is 1. The first-order chi connectivity index (χ1) is 13.3. The zero-order chi connectivity index (χ0) is 20.5. The molecule has 4 amide bonds. The quantitative estimate of drug-likeness (QED) is 0.748. The van der Waals surface area contributed by atoms with Crippen LogP contribution in [0.1, 0.15) is 18.1 Å². The molecule has 1 fully saturated rings. The maximum Gasteiger partial charge on any atom is 0.344 e. The summed E-state index contributed by atoms with van der Waals surface area (Å²) in [6.07, 6.45) is -0.429. The predicted octanol–water partition coefficient (Wildman–Crippen LogP) is 2.53. The van der Waals surface area contributed by atoms with Crippen LogP contribution in [-0.2, 0) is 21.5 Å². The van der Waals surface area contributed by atoms with Crippen LogP contribution in [0.15, 0.2) is 42.5 Å². The Hall–Kier alpha value is -3.13. The van der Waals surface area contributed by atoms with E-state index in [1.54, 1.807) is 24.3 Å². The Morgan fingerprint density at radius 3 is 2.54 bits per heavy atom. The summed E-state index contributed by atoms with van der Waals surface area (Å²) < 4.78 is 18.9. The first-order valence-corrected chi connectivity index (χ1v) is 8.67. The number of urea groups is 1. The Morgan fingerprint density at radius 2 is 1.93 bits per heavy atom. The lowest BCUT2D eigenvalue weighted by molar-refractivity contribution is -0.138. The number of methoxy groups -OCH3 is 1. The number of rotatable bonds is 5. The molecule has 9 heteroatoms. The summed E-state index contributed by atoms with van der Waals surface area (Å²) in [4.78, 5) is 37.4. The summed E-state index contributed by atoms with van der Waals surface area (Å²) >= 11 is 5.91. The van der Waals surface area contributed by atoms with Gasteiger partial charge in [-0.25, -0.2) is 9.18 Å². The molecule has 1 heterocycles. The molecule has 2 aromatic rings. The normalized spacial score (nSPS) is 18.8. The van der Waals surface area contributed by atoms with Crippen molar-refractivity contribution in [2.45, 2.75) is 18.9 Å². The van der Waals surface area contributed by atoms with E-state index in [4.69, 9.17) is 16.3 Å². The van der Waals surface area contributed by atoms with Gasteiger partial charge >= 0.3 is 6.03 Å². The molecule has 0 aliphatic carbocycles. The van der Waals surface area contributed by atoms with Crippen molar-refractivity contribution < 1.29 is 23.5 Å². The van der Waals surface area contributed by atoms with Crippen LogP contribution >= 0.6 is 11.6 Å². The van der Waals surface area contributed by atoms with E-state index < -0.39 is 35.6 Å². The molecule has 0 spiro atoms. The van der Waals surface area contributed by atoms with E-state index in [1.165, 1.54) is 32.2 Å². The maximum atomic E-state index is 13.8. The number of imide groups is 1. The number of benzene rings is 2. The minimum absolute atomic E-state index is 0.0216. The lowest BCUT2D eigenvalue weighted by Crippen LogP contribution is -2.48. The fraction of sp³-hybridized carbons (Fsp3) is 0.211. The minimum Gasteiger partial charge on any atom is -0.497 e. The van der Waals surface area contributed by atoms with Crippen molar-refractivity contribution in [3.8, 4) is 5.75 Å². The zero-order valence-corrected chi connectivity index (χ0v) is 15.8. The first kappa shape index (κ1) is 19.6. The summed E-state index contributed by atoms with van der Waals surface area (Å²) in [6.45, 7) is 1.52. The van der Waals surface area contributed by atoms with E-state index in [1.807, 2.05) is 0 Å². The highest BCUT2D eigenvalue weighted by Crippen LogP contribution is 2.29. The molecule has 1 atom stereocenters. The van der Waals surface area contributed by atoms with Gasteiger partial charge in [0.15, 0.2) is 0 Å². The van der Waals surface area contributed by atoms with Gasteiger partial charge in [0.25, 0.3) is 5.91 Å². The highest BCUT2D eigenvalue weighted by molar-refractivity contribution is 6.31. The van der Waals surface area contributed by atoms with Crippen molar-refractivity contribution in [3.63, 3.8) is 0 Å². The van der Waals surface area contributed by atoms with Crippen LogP contribution in [-0.4, -0.2) is 30.0 Å². The zero-order valence-electron chi connectivity index (χ0n) is 15.1. The third kappa shape index (κ3) is 3.50. The van der Waals surface area contributed by atoms with Crippen molar-refractivity contribution in [3.05, 3.63) is 64.4 Å². The molecule has 0 unspecified atom stereocenters. The maximum absolute atomic E-state index is 13.8. The van der Waals surface area contributed by atoms with Gasteiger partial charge in [-0.3, -0.25) is 15.0 Å². The number of hydrogen-bond acceptors (Lipinski definition) is 4. The molecule has 1 aliphatic heterocycles. The van der Waals surface area contributed by atoms with Crippen LogP contribution in [0.4, 0.5) is 9.18 Å². The molecule has 2 aromatic carbocycles. The lowest BCUT2D eigenvalue weighted by Gasteiger charge is -2.22. The van der Waals surface area contributed by atoms with Gasteiger partial charge in [-0.1, -0.05) is 29.8 Å². The second kappa shape index (κ2) is 7.47. The molecule has 1 aliphatic rings. The second-order valence-corrected chi connectivity index (χ2v) is 6.74. The highest BCUT2D eigenvalue weighted by atomic mass is 35.5. The number of carbonyl (C=O) groups is 3. The molecule has 3 rings (SSSR count). The van der Waals surface area contributed by atoms with Crippen molar-refractivity contribution in [2.75, 3.05) is 7.11 Å². The summed E-state index contributed by atoms with van der Waals surface area (Å²) in [7, 11) is 1.51. The number of nitrogens with one attached hydrogen (secondary N) is 2. The number of carbonyl (C=O) groups excluding carboxylic acids is 3. The van der Waals surface area contributed by atoms with Gasteiger partial charge in [0.05, 0.1) is 13.5 Å². The van der Waals surface area contributed by atoms with Gasteiger partial charge in [0.1, 0.15) is 17.1 Å². The van der Waals surface area contributed by atoms with E-state index >= 15 is 0 Å². The molecular formula is C19H17ClFN3O4. The largest absolute Gasteiger partial charge is 0.497 e. The van der Waals surface area contributed by atoms with Crippen LogP contribution in [0.25, 0.3) is 0 Å². The molecule has 7 nitrogen and oxygen atoms in total. The summed E-state index contributed by atoms with van der Waals surface area (Å²) in [6, 6.07) is 9.82. The Morgan fingerprint density at radius 1 is 1.25 bits per heavy atom. The van der Waals surface area contributed by atoms with Crippen LogP contribution in [0.5, 0.6) is 5.75 Å². The van der Waals surface area contributed by atoms with Crippen molar-refractivity contribution in [1.82, 2.24) is 15.8 Å². The monoisotopic (exact) mass is 405 g/mol.